The number of hydrogen-bond donors (Lipinski definition) is 4. The maximum atomic E-state index is 14.9. The summed E-state index contributed by atoms with van der Waals surface area (Å²) in [6.07, 6.45) is 1.26. The van der Waals surface area contributed by atoms with Gasteiger partial charge in [-0.1, -0.05) is 18.2 Å². The third kappa shape index (κ3) is 6.22. The van der Waals surface area contributed by atoms with E-state index in [4.69, 9.17) is 0 Å². The Balaban J connectivity index is 1.05. The van der Waals surface area contributed by atoms with Gasteiger partial charge < -0.3 is 30.5 Å². The second kappa shape index (κ2) is 12.0. The Morgan fingerprint density at radius 2 is 1.44 bits per heavy atom. The molecule has 6 rings (SSSR count). The molecule has 1 aliphatic rings. The Labute approximate surface area is 248 Å². The quantitative estimate of drug-likeness (QED) is 0.176. The Kier molecular flexibility index (Phi) is 7.81. The Bertz CT molecular complexity index is 1770. The molecule has 0 atom stereocenters. The lowest BCUT2D eigenvalue weighted by Crippen LogP contribution is -2.35. The predicted octanol–water partition coefficient (Wildman–Crippen LogP) is 6.53. The number of hydrogen-bond acceptors (Lipinski definition) is 5. The summed E-state index contributed by atoms with van der Waals surface area (Å²) in [6, 6.07) is 28.4. The van der Waals surface area contributed by atoms with Crippen molar-refractivity contribution in [3.8, 4) is 0 Å². The molecule has 4 aromatic carbocycles. The molecule has 4 N–H and O–H groups in total. The predicted molar refractivity (Wildman–Crippen MR) is 169 cm³/mol. The third-order valence-corrected chi connectivity index (χ3v) is 7.79. The van der Waals surface area contributed by atoms with Gasteiger partial charge in [0.1, 0.15) is 11.5 Å². The van der Waals surface area contributed by atoms with Gasteiger partial charge in [-0.3, -0.25) is 9.59 Å². The van der Waals surface area contributed by atoms with Crippen molar-refractivity contribution in [2.24, 2.45) is 7.05 Å². The minimum absolute atomic E-state index is 0.228. The van der Waals surface area contributed by atoms with E-state index in [0.29, 0.717) is 28.3 Å². The van der Waals surface area contributed by atoms with Crippen molar-refractivity contribution in [3.05, 3.63) is 114 Å². The number of anilines is 5. The average molecular weight is 578 g/mol. The molecule has 8 nitrogen and oxygen atoms in total. The lowest BCUT2D eigenvalue weighted by Gasteiger charge is -2.31. The zero-order chi connectivity index (χ0) is 29.9. The summed E-state index contributed by atoms with van der Waals surface area (Å²) in [5.74, 6) is -1.07. The zero-order valence-corrected chi connectivity index (χ0v) is 23.7. The lowest BCUT2D eigenvalue weighted by molar-refractivity contribution is 0.101. The number of halogens is 1. The van der Waals surface area contributed by atoms with E-state index in [2.05, 4.69) is 20.9 Å². The number of aryl methyl sites for hydroxylation is 1. The Morgan fingerprint density at radius 1 is 0.791 bits per heavy atom. The molecule has 1 aromatic heterocycles. The largest absolute Gasteiger partial charge is 0.393 e. The van der Waals surface area contributed by atoms with Gasteiger partial charge in [-0.25, -0.2) is 4.39 Å². The van der Waals surface area contributed by atoms with Crippen LogP contribution < -0.4 is 20.9 Å². The van der Waals surface area contributed by atoms with Crippen molar-refractivity contribution in [1.82, 2.24) is 4.57 Å². The molecule has 9 heteroatoms. The van der Waals surface area contributed by atoms with Crippen LogP contribution in [0, 0.1) is 5.82 Å². The van der Waals surface area contributed by atoms with Gasteiger partial charge in [0.25, 0.3) is 11.8 Å². The van der Waals surface area contributed by atoms with E-state index < -0.39 is 5.82 Å². The highest BCUT2D eigenvalue weighted by Crippen LogP contribution is 2.26. The van der Waals surface area contributed by atoms with Crippen LogP contribution in [-0.4, -0.2) is 40.7 Å². The number of nitrogens with one attached hydrogen (secondary N) is 3. The van der Waals surface area contributed by atoms with Gasteiger partial charge in [-0.05, 0) is 91.7 Å². The maximum absolute atomic E-state index is 14.9. The first-order chi connectivity index (χ1) is 20.8. The molecule has 0 unspecified atom stereocenters. The number of aliphatic hydroxyl groups excluding tert-OH is 1. The van der Waals surface area contributed by atoms with Gasteiger partial charge in [-0.15, -0.1) is 0 Å². The molecule has 2 heterocycles. The minimum Gasteiger partial charge on any atom is -0.393 e. The molecule has 0 bridgehead atoms. The molecular formula is C34H32FN5O3. The van der Waals surface area contributed by atoms with Crippen molar-refractivity contribution in [3.63, 3.8) is 0 Å². The third-order valence-electron chi connectivity index (χ3n) is 7.79. The number of nitrogens with zero attached hydrogens (tertiary/aromatic N) is 2. The van der Waals surface area contributed by atoms with Crippen LogP contribution in [0.1, 0.15) is 33.7 Å². The Hall–Kier alpha value is -5.15. The fourth-order valence-electron chi connectivity index (χ4n) is 5.34. The molecule has 1 aliphatic heterocycles. The van der Waals surface area contributed by atoms with Crippen molar-refractivity contribution in [1.29, 1.82) is 0 Å². The molecule has 1 saturated heterocycles. The normalized spacial score (nSPS) is 13.6. The minimum atomic E-state index is -0.517. The summed E-state index contributed by atoms with van der Waals surface area (Å²) < 4.78 is 16.8. The van der Waals surface area contributed by atoms with E-state index >= 15 is 0 Å². The molecule has 5 aromatic rings. The number of aliphatic hydroxyl groups is 1. The van der Waals surface area contributed by atoms with Crippen LogP contribution in [0.25, 0.3) is 10.9 Å². The first-order valence-electron chi connectivity index (χ1n) is 14.2. The van der Waals surface area contributed by atoms with Crippen molar-refractivity contribution < 1.29 is 19.1 Å². The van der Waals surface area contributed by atoms with Crippen LogP contribution in [0.2, 0.25) is 0 Å². The molecule has 43 heavy (non-hydrogen) atoms. The number of piperidine rings is 1. The standard InChI is InChI=1S/C34H32FN5O3/c1-39-31-5-3-2-4-23(31)20-32(39)34(43)38-26-12-15-30(29(35)21-26)36-24-8-10-25(11-9-24)37-33(42)22-6-13-27(14-7-22)40-18-16-28(41)17-19-40/h2-15,20-21,28,36,41H,16-19H2,1H3,(H,37,42)(H,38,43). The number of fused-ring (bicyclic) bond motifs is 1. The number of carbonyl (C=O) groups is 2. The molecule has 0 spiro atoms. The van der Waals surface area contributed by atoms with Crippen LogP contribution >= 0.6 is 0 Å². The van der Waals surface area contributed by atoms with Gasteiger partial charge in [0.15, 0.2) is 0 Å². The molecular weight excluding hydrogens is 545 g/mol. The highest BCUT2D eigenvalue weighted by atomic mass is 19.1. The monoisotopic (exact) mass is 577 g/mol. The summed E-state index contributed by atoms with van der Waals surface area (Å²) in [7, 11) is 1.82. The number of amides is 2. The topological polar surface area (TPSA) is 98.6 Å². The lowest BCUT2D eigenvalue weighted by atomic mass is 10.1. The second-order valence-electron chi connectivity index (χ2n) is 10.7. The fourth-order valence-corrected chi connectivity index (χ4v) is 5.34. The summed E-state index contributed by atoms with van der Waals surface area (Å²) in [4.78, 5) is 27.9. The summed E-state index contributed by atoms with van der Waals surface area (Å²) in [6.45, 7) is 1.59. The van der Waals surface area contributed by atoms with Crippen molar-refractivity contribution >= 4 is 51.2 Å². The molecule has 218 valence electrons. The van der Waals surface area contributed by atoms with Crippen molar-refractivity contribution in [2.45, 2.75) is 18.9 Å². The maximum Gasteiger partial charge on any atom is 0.272 e. The number of para-hydroxylation sites is 1. The van der Waals surface area contributed by atoms with E-state index in [1.807, 2.05) is 54.1 Å². The smallest absolute Gasteiger partial charge is 0.272 e. The van der Waals surface area contributed by atoms with E-state index in [0.717, 1.165) is 42.5 Å². The van der Waals surface area contributed by atoms with Crippen LogP contribution in [0.15, 0.2) is 97.1 Å². The summed E-state index contributed by atoms with van der Waals surface area (Å²) >= 11 is 0. The van der Waals surface area contributed by atoms with Crippen molar-refractivity contribution in [2.75, 3.05) is 33.9 Å². The number of benzene rings is 4. The van der Waals surface area contributed by atoms with Gasteiger partial charge in [0.2, 0.25) is 0 Å². The number of carbonyl (C=O) groups excluding carboxylic acids is 2. The Morgan fingerprint density at radius 3 is 2.14 bits per heavy atom. The SMILES string of the molecule is Cn1c(C(=O)Nc2ccc(Nc3ccc(NC(=O)c4ccc(N5CCC(O)CC5)cc4)cc3)c(F)c2)cc2ccccc21. The molecule has 2 amide bonds. The molecule has 1 fully saturated rings. The van der Waals surface area contributed by atoms with E-state index in [-0.39, 0.29) is 23.6 Å². The van der Waals surface area contributed by atoms with Gasteiger partial charge in [0.05, 0.1) is 11.8 Å². The van der Waals surface area contributed by atoms with Gasteiger partial charge >= 0.3 is 0 Å². The molecule has 0 saturated carbocycles. The van der Waals surface area contributed by atoms with Crippen LogP contribution in [0.4, 0.5) is 32.8 Å². The first-order valence-corrected chi connectivity index (χ1v) is 14.2. The van der Waals surface area contributed by atoms with Crippen LogP contribution in [0.3, 0.4) is 0 Å². The van der Waals surface area contributed by atoms with Gasteiger partial charge in [0, 0.05) is 59.4 Å². The zero-order valence-electron chi connectivity index (χ0n) is 23.7. The van der Waals surface area contributed by atoms with E-state index in [9.17, 15) is 19.1 Å². The summed E-state index contributed by atoms with van der Waals surface area (Å²) in [5, 5.41) is 19.4. The molecule has 0 radical (unpaired) electrons. The fraction of sp³-hybridized carbons (Fsp3) is 0.176. The number of rotatable bonds is 7. The van der Waals surface area contributed by atoms with E-state index in [1.165, 1.54) is 6.07 Å². The first kappa shape index (κ1) is 28.0. The van der Waals surface area contributed by atoms with E-state index in [1.54, 1.807) is 48.5 Å². The summed E-state index contributed by atoms with van der Waals surface area (Å²) in [5.41, 5.74) is 4.84. The highest BCUT2D eigenvalue weighted by molar-refractivity contribution is 6.06. The van der Waals surface area contributed by atoms with Crippen LogP contribution in [-0.2, 0) is 7.05 Å². The second-order valence-corrected chi connectivity index (χ2v) is 10.7. The highest BCUT2D eigenvalue weighted by Gasteiger charge is 2.18. The number of aromatic nitrogens is 1. The van der Waals surface area contributed by atoms with Crippen LogP contribution in [0.5, 0.6) is 0 Å². The van der Waals surface area contributed by atoms with Gasteiger partial charge in [-0.2, -0.15) is 0 Å². The average Bonchev–Trinajstić information content (AvgIpc) is 3.36. The molecule has 0 aliphatic carbocycles.